The third-order valence-electron chi connectivity index (χ3n) is 3.69. The van der Waals surface area contributed by atoms with Crippen molar-refractivity contribution in [1.82, 2.24) is 24.6 Å². The second-order valence-corrected chi connectivity index (χ2v) is 8.34. The van der Waals surface area contributed by atoms with Gasteiger partial charge >= 0.3 is 12.3 Å². The molecule has 10 heteroatoms. The van der Waals surface area contributed by atoms with Crippen LogP contribution in [0.2, 0.25) is 0 Å². The highest BCUT2D eigenvalue weighted by atomic mass is 19.4. The van der Waals surface area contributed by atoms with Crippen LogP contribution in [0.15, 0.2) is 18.5 Å². The highest BCUT2D eigenvalue weighted by Crippen LogP contribution is 2.29. The lowest BCUT2D eigenvalue weighted by molar-refractivity contribution is -0.141. The molecule has 2 rings (SSSR count). The van der Waals surface area contributed by atoms with Gasteiger partial charge in [-0.15, -0.1) is 0 Å². The van der Waals surface area contributed by atoms with E-state index in [1.807, 2.05) is 0 Å². The molecule has 7 nitrogen and oxygen atoms in total. The third-order valence-corrected chi connectivity index (χ3v) is 3.69. The van der Waals surface area contributed by atoms with Crippen molar-refractivity contribution in [2.75, 3.05) is 0 Å². The molecule has 0 fully saturated rings. The van der Waals surface area contributed by atoms with Gasteiger partial charge in [-0.1, -0.05) is 0 Å². The maximum Gasteiger partial charge on any atom is 0.434 e. The molecule has 0 bridgehead atoms. The molecule has 0 aliphatic carbocycles. The number of alkyl carbamates (subject to hydrolysis) is 1. The van der Waals surface area contributed by atoms with Gasteiger partial charge in [0.05, 0.1) is 12.2 Å². The molecule has 0 aromatic carbocycles. The number of imidazole rings is 1. The number of ether oxygens (including phenoxy) is 1. The van der Waals surface area contributed by atoms with Gasteiger partial charge < -0.3 is 14.6 Å². The maximum atomic E-state index is 13.2. The van der Waals surface area contributed by atoms with Crippen molar-refractivity contribution in [3.63, 3.8) is 0 Å². The van der Waals surface area contributed by atoms with Crippen molar-refractivity contribution >= 4 is 6.09 Å². The molecule has 0 unspecified atom stereocenters. The summed E-state index contributed by atoms with van der Waals surface area (Å²) < 4.78 is 47.7. The van der Waals surface area contributed by atoms with Crippen molar-refractivity contribution in [3.05, 3.63) is 35.7 Å². The molecule has 1 amide bonds. The standard InChI is InChI=1S/C18H26F3N5O2/c1-16(2,3)28-15(27)23-17(4,5)9-14-22-13(18(19,20)21)11-26(14)10-12-7-8-25(6)24-12/h7-8,11H,9-10H2,1-6H3,(H,23,27). The van der Waals surface area contributed by atoms with Gasteiger partial charge in [0.25, 0.3) is 0 Å². The lowest BCUT2D eigenvalue weighted by Crippen LogP contribution is -2.47. The minimum atomic E-state index is -4.56. The second kappa shape index (κ2) is 7.48. The average molecular weight is 401 g/mol. The topological polar surface area (TPSA) is 74.0 Å². The van der Waals surface area contributed by atoms with Gasteiger partial charge in [0.1, 0.15) is 11.4 Å². The normalized spacial score (nSPS) is 12.9. The summed E-state index contributed by atoms with van der Waals surface area (Å²) >= 11 is 0. The van der Waals surface area contributed by atoms with Crippen molar-refractivity contribution in [3.8, 4) is 0 Å². The molecule has 2 aromatic rings. The zero-order chi connectivity index (χ0) is 21.3. The molecule has 1 N–H and O–H groups in total. The van der Waals surface area contributed by atoms with E-state index in [1.165, 1.54) is 4.57 Å². The van der Waals surface area contributed by atoms with Crippen LogP contribution in [0.5, 0.6) is 0 Å². The molecule has 0 aliphatic rings. The zero-order valence-electron chi connectivity index (χ0n) is 16.9. The van der Waals surface area contributed by atoms with Crippen LogP contribution in [0.4, 0.5) is 18.0 Å². The molecular formula is C18H26F3N5O2. The second-order valence-electron chi connectivity index (χ2n) is 8.34. The Morgan fingerprint density at radius 2 is 1.86 bits per heavy atom. The Kier molecular flexibility index (Phi) is 5.82. The number of halogens is 3. The van der Waals surface area contributed by atoms with E-state index in [2.05, 4.69) is 15.4 Å². The number of hydrogen-bond acceptors (Lipinski definition) is 4. The van der Waals surface area contributed by atoms with Crippen LogP contribution in [0.25, 0.3) is 0 Å². The molecule has 0 radical (unpaired) electrons. The Labute approximate surface area is 161 Å². The van der Waals surface area contributed by atoms with Crippen LogP contribution in [0, 0.1) is 0 Å². The van der Waals surface area contributed by atoms with Crippen molar-refractivity contribution in [2.45, 2.75) is 64.9 Å². The first-order valence-electron chi connectivity index (χ1n) is 8.77. The van der Waals surface area contributed by atoms with Crippen LogP contribution < -0.4 is 5.32 Å². The van der Waals surface area contributed by atoms with Gasteiger partial charge in [-0.2, -0.15) is 18.3 Å². The Morgan fingerprint density at radius 3 is 2.36 bits per heavy atom. The highest BCUT2D eigenvalue weighted by Gasteiger charge is 2.36. The number of nitrogens with zero attached hydrogens (tertiary/aromatic N) is 4. The fourth-order valence-electron chi connectivity index (χ4n) is 2.61. The molecule has 28 heavy (non-hydrogen) atoms. The summed E-state index contributed by atoms with van der Waals surface area (Å²) in [6, 6.07) is 1.72. The Balaban J connectivity index is 2.24. The van der Waals surface area contributed by atoms with Crippen LogP contribution in [-0.2, 0) is 30.9 Å². The van der Waals surface area contributed by atoms with Gasteiger partial charge in [-0.25, -0.2) is 9.78 Å². The molecular weight excluding hydrogens is 375 g/mol. The molecule has 0 spiro atoms. The van der Waals surface area contributed by atoms with Crippen LogP contribution in [-0.4, -0.2) is 36.6 Å². The average Bonchev–Trinajstić information content (AvgIpc) is 3.02. The molecule has 0 saturated heterocycles. The summed E-state index contributed by atoms with van der Waals surface area (Å²) in [6.45, 7) is 8.73. The lowest BCUT2D eigenvalue weighted by atomic mass is 10.0. The quantitative estimate of drug-likeness (QED) is 0.832. The van der Waals surface area contributed by atoms with E-state index >= 15 is 0 Å². The summed E-state index contributed by atoms with van der Waals surface area (Å²) in [4.78, 5) is 15.8. The van der Waals surface area contributed by atoms with E-state index in [9.17, 15) is 18.0 Å². The van der Waals surface area contributed by atoms with Gasteiger partial charge in [0.2, 0.25) is 0 Å². The number of nitrogens with one attached hydrogen (secondary N) is 1. The molecule has 2 heterocycles. The number of aromatic nitrogens is 4. The Morgan fingerprint density at radius 1 is 1.21 bits per heavy atom. The fraction of sp³-hybridized carbons (Fsp3) is 0.611. The molecule has 2 aromatic heterocycles. The van der Waals surface area contributed by atoms with Gasteiger partial charge in [-0.05, 0) is 40.7 Å². The zero-order valence-corrected chi connectivity index (χ0v) is 16.9. The maximum absolute atomic E-state index is 13.2. The number of rotatable bonds is 5. The van der Waals surface area contributed by atoms with Crippen LogP contribution in [0.3, 0.4) is 0 Å². The van der Waals surface area contributed by atoms with Crippen molar-refractivity contribution in [1.29, 1.82) is 0 Å². The number of alkyl halides is 3. The van der Waals surface area contributed by atoms with E-state index < -0.39 is 29.1 Å². The first-order valence-corrected chi connectivity index (χ1v) is 8.77. The largest absolute Gasteiger partial charge is 0.444 e. The van der Waals surface area contributed by atoms with E-state index in [-0.39, 0.29) is 18.8 Å². The number of carbonyl (C=O) groups is 1. The van der Waals surface area contributed by atoms with Crippen molar-refractivity contribution in [2.24, 2.45) is 7.05 Å². The minimum absolute atomic E-state index is 0.0785. The summed E-state index contributed by atoms with van der Waals surface area (Å²) in [5, 5.41) is 6.89. The molecule has 0 aliphatic heterocycles. The van der Waals surface area contributed by atoms with Gasteiger partial charge in [0, 0.05) is 31.4 Å². The smallest absolute Gasteiger partial charge is 0.434 e. The predicted molar refractivity (Wildman–Crippen MR) is 96.7 cm³/mol. The SMILES string of the molecule is Cn1ccc(Cn2cc(C(F)(F)F)nc2CC(C)(C)NC(=O)OC(C)(C)C)n1. The first kappa shape index (κ1) is 21.8. The lowest BCUT2D eigenvalue weighted by Gasteiger charge is -2.28. The summed E-state index contributed by atoms with van der Waals surface area (Å²) in [6.07, 6.45) is -2.45. The number of carbonyl (C=O) groups excluding carboxylic acids is 1. The highest BCUT2D eigenvalue weighted by molar-refractivity contribution is 5.68. The number of aryl methyl sites for hydroxylation is 1. The molecule has 0 atom stereocenters. The number of amides is 1. The first-order chi connectivity index (χ1) is 12.6. The summed E-state index contributed by atoms with van der Waals surface area (Å²) in [7, 11) is 1.73. The molecule has 156 valence electrons. The molecule has 0 saturated carbocycles. The minimum Gasteiger partial charge on any atom is -0.444 e. The Bertz CT molecular complexity index is 831. The van der Waals surface area contributed by atoms with E-state index in [0.717, 1.165) is 6.20 Å². The van der Waals surface area contributed by atoms with E-state index in [0.29, 0.717) is 5.69 Å². The van der Waals surface area contributed by atoms with Gasteiger partial charge in [-0.3, -0.25) is 4.68 Å². The van der Waals surface area contributed by atoms with E-state index in [4.69, 9.17) is 4.74 Å². The Hall–Kier alpha value is -2.52. The monoisotopic (exact) mass is 401 g/mol. The summed E-state index contributed by atoms with van der Waals surface area (Å²) in [5.41, 5.74) is -1.93. The number of hydrogen-bond donors (Lipinski definition) is 1. The fourth-order valence-corrected chi connectivity index (χ4v) is 2.61. The van der Waals surface area contributed by atoms with Crippen molar-refractivity contribution < 1.29 is 22.7 Å². The van der Waals surface area contributed by atoms with Gasteiger partial charge in [0.15, 0.2) is 5.69 Å². The van der Waals surface area contributed by atoms with Crippen LogP contribution in [0.1, 0.15) is 51.8 Å². The van der Waals surface area contributed by atoms with E-state index in [1.54, 1.807) is 58.6 Å². The summed E-state index contributed by atoms with van der Waals surface area (Å²) in [5.74, 6) is 0.194. The predicted octanol–water partition coefficient (Wildman–Crippen LogP) is 3.53. The van der Waals surface area contributed by atoms with Crippen LogP contribution >= 0.6 is 0 Å². The third kappa shape index (κ3) is 6.28.